The Bertz CT molecular complexity index is 714. The second-order valence-corrected chi connectivity index (χ2v) is 5.19. The number of imidazole rings is 1. The molecule has 0 unspecified atom stereocenters. The summed E-state index contributed by atoms with van der Waals surface area (Å²) in [6.07, 6.45) is 0. The summed E-state index contributed by atoms with van der Waals surface area (Å²) >= 11 is 1.67. The van der Waals surface area contributed by atoms with Crippen molar-refractivity contribution in [3.8, 4) is 0 Å². The number of hydrogen-bond donors (Lipinski definition) is 1. The molecule has 0 radical (unpaired) electrons. The molecular weight excluding hydrogens is 249 g/mol. The van der Waals surface area contributed by atoms with Crippen molar-refractivity contribution in [3.63, 3.8) is 0 Å². The largest absolute Gasteiger partial charge is 0.369 e. The lowest BCUT2D eigenvalue weighted by atomic mass is 10.2. The van der Waals surface area contributed by atoms with Crippen LogP contribution < -0.4 is 5.73 Å². The summed E-state index contributed by atoms with van der Waals surface area (Å²) < 4.78 is 15.5. The zero-order chi connectivity index (χ0) is 12.7. The van der Waals surface area contributed by atoms with Gasteiger partial charge in [0.1, 0.15) is 5.52 Å². The number of benzene rings is 1. The highest BCUT2D eigenvalue weighted by atomic mass is 32.1. The van der Waals surface area contributed by atoms with Crippen molar-refractivity contribution >= 4 is 28.3 Å². The van der Waals surface area contributed by atoms with Gasteiger partial charge in [-0.15, -0.1) is 11.3 Å². The van der Waals surface area contributed by atoms with E-state index >= 15 is 0 Å². The highest BCUT2D eigenvalue weighted by Crippen LogP contribution is 2.24. The monoisotopic (exact) mass is 261 g/mol. The van der Waals surface area contributed by atoms with Crippen molar-refractivity contribution in [2.24, 2.45) is 0 Å². The molecule has 2 aromatic heterocycles. The molecular formula is C13H12FN3S. The third-order valence-corrected chi connectivity index (χ3v) is 4.04. The van der Waals surface area contributed by atoms with Crippen LogP contribution in [0.3, 0.4) is 0 Å². The topological polar surface area (TPSA) is 43.8 Å². The van der Waals surface area contributed by atoms with E-state index in [4.69, 9.17) is 5.73 Å². The van der Waals surface area contributed by atoms with E-state index < -0.39 is 0 Å². The first-order chi connectivity index (χ1) is 8.66. The maximum atomic E-state index is 13.6. The molecule has 0 aliphatic rings. The molecule has 0 aliphatic carbocycles. The van der Waals surface area contributed by atoms with Gasteiger partial charge < -0.3 is 10.3 Å². The Kier molecular flexibility index (Phi) is 2.56. The van der Waals surface area contributed by atoms with E-state index in [1.165, 1.54) is 16.5 Å². The number of nitrogen functional groups attached to an aromatic ring is 1. The Balaban J connectivity index is 2.15. The number of rotatable bonds is 2. The second-order valence-electron chi connectivity index (χ2n) is 4.19. The van der Waals surface area contributed by atoms with Gasteiger partial charge in [0.15, 0.2) is 5.82 Å². The first-order valence-electron chi connectivity index (χ1n) is 5.60. The third kappa shape index (κ3) is 1.67. The Labute approximate surface area is 108 Å². The van der Waals surface area contributed by atoms with Crippen LogP contribution >= 0.6 is 11.3 Å². The summed E-state index contributed by atoms with van der Waals surface area (Å²) in [7, 11) is 0. The number of halogens is 1. The van der Waals surface area contributed by atoms with E-state index in [0.717, 1.165) is 5.52 Å². The second kappa shape index (κ2) is 4.10. The Morgan fingerprint density at radius 3 is 2.94 bits per heavy atom. The molecule has 0 amide bonds. The van der Waals surface area contributed by atoms with Crippen molar-refractivity contribution < 1.29 is 4.39 Å². The molecule has 3 rings (SSSR count). The van der Waals surface area contributed by atoms with Crippen molar-refractivity contribution in [2.75, 3.05) is 5.73 Å². The number of thiophene rings is 1. The molecule has 2 N–H and O–H groups in total. The minimum absolute atomic E-state index is 0.333. The van der Waals surface area contributed by atoms with Gasteiger partial charge in [-0.2, -0.15) is 0 Å². The first kappa shape index (κ1) is 11.2. The van der Waals surface area contributed by atoms with Crippen molar-refractivity contribution in [1.82, 2.24) is 9.55 Å². The molecule has 0 atom stereocenters. The Hall–Kier alpha value is -1.88. The average Bonchev–Trinajstić information content (AvgIpc) is 2.87. The fourth-order valence-corrected chi connectivity index (χ4v) is 2.90. The van der Waals surface area contributed by atoms with Crippen LogP contribution in [-0.2, 0) is 6.54 Å². The molecule has 92 valence electrons. The van der Waals surface area contributed by atoms with Crippen molar-refractivity contribution in [1.29, 1.82) is 0 Å². The maximum absolute atomic E-state index is 13.6. The van der Waals surface area contributed by atoms with Crippen LogP contribution in [0.4, 0.5) is 10.3 Å². The number of aryl methyl sites for hydroxylation is 1. The van der Waals surface area contributed by atoms with E-state index in [2.05, 4.69) is 18.0 Å². The number of nitrogens with two attached hydrogens (primary N) is 1. The van der Waals surface area contributed by atoms with Gasteiger partial charge in [0.25, 0.3) is 0 Å². The zero-order valence-electron chi connectivity index (χ0n) is 9.85. The van der Waals surface area contributed by atoms with Gasteiger partial charge in [-0.1, -0.05) is 6.07 Å². The lowest BCUT2D eigenvalue weighted by Crippen LogP contribution is -2.04. The molecule has 5 heteroatoms. The molecule has 0 bridgehead atoms. The maximum Gasteiger partial charge on any atom is 0.201 e. The highest BCUT2D eigenvalue weighted by molar-refractivity contribution is 7.10. The van der Waals surface area contributed by atoms with Gasteiger partial charge in [0.2, 0.25) is 5.95 Å². The minimum Gasteiger partial charge on any atom is -0.369 e. The number of anilines is 1. The quantitative estimate of drug-likeness (QED) is 0.770. The lowest BCUT2D eigenvalue weighted by Gasteiger charge is -2.05. The molecule has 1 aromatic carbocycles. The summed E-state index contributed by atoms with van der Waals surface area (Å²) in [5.74, 6) is 0.0174. The van der Waals surface area contributed by atoms with Crippen molar-refractivity contribution in [2.45, 2.75) is 13.5 Å². The molecule has 0 spiro atoms. The standard InChI is InChI=1S/C13H12FN3S/c1-8-5-6-18-11(8)7-17-10-4-2-3-9(14)12(10)16-13(17)15/h2-6H,7H2,1H3,(H2,15,16). The van der Waals surface area contributed by atoms with E-state index in [1.54, 1.807) is 17.4 Å². The van der Waals surface area contributed by atoms with Crippen LogP contribution in [-0.4, -0.2) is 9.55 Å². The molecule has 18 heavy (non-hydrogen) atoms. The molecule has 0 saturated carbocycles. The molecule has 0 fully saturated rings. The van der Waals surface area contributed by atoms with Gasteiger partial charge in [-0.3, -0.25) is 0 Å². The predicted octanol–water partition coefficient (Wildman–Crippen LogP) is 3.18. The van der Waals surface area contributed by atoms with Crippen LogP contribution in [0.2, 0.25) is 0 Å². The van der Waals surface area contributed by atoms with Gasteiger partial charge in [0.05, 0.1) is 12.1 Å². The van der Waals surface area contributed by atoms with E-state index in [-0.39, 0.29) is 5.82 Å². The summed E-state index contributed by atoms with van der Waals surface area (Å²) in [4.78, 5) is 5.31. The molecule has 2 heterocycles. The van der Waals surface area contributed by atoms with E-state index in [1.807, 2.05) is 16.0 Å². The highest BCUT2D eigenvalue weighted by Gasteiger charge is 2.12. The van der Waals surface area contributed by atoms with E-state index in [9.17, 15) is 4.39 Å². The number of aromatic nitrogens is 2. The third-order valence-electron chi connectivity index (χ3n) is 3.03. The molecule has 3 nitrogen and oxygen atoms in total. The summed E-state index contributed by atoms with van der Waals surface area (Å²) in [5, 5.41) is 2.04. The normalized spacial score (nSPS) is 11.2. The fraction of sp³-hybridized carbons (Fsp3) is 0.154. The van der Waals surface area contributed by atoms with Gasteiger partial charge >= 0.3 is 0 Å². The molecule has 0 saturated heterocycles. The molecule has 3 aromatic rings. The van der Waals surface area contributed by atoms with Gasteiger partial charge in [-0.25, -0.2) is 9.37 Å². The van der Waals surface area contributed by atoms with E-state index in [0.29, 0.717) is 18.0 Å². The molecule has 0 aliphatic heterocycles. The Morgan fingerprint density at radius 1 is 1.39 bits per heavy atom. The van der Waals surface area contributed by atoms with Crippen LogP contribution in [0.5, 0.6) is 0 Å². The summed E-state index contributed by atoms with van der Waals surface area (Å²) in [6, 6.07) is 6.98. The number of para-hydroxylation sites is 1. The average molecular weight is 261 g/mol. The Morgan fingerprint density at radius 2 is 2.22 bits per heavy atom. The summed E-state index contributed by atoms with van der Waals surface area (Å²) in [5.41, 5.74) is 8.17. The summed E-state index contributed by atoms with van der Waals surface area (Å²) in [6.45, 7) is 2.69. The smallest absolute Gasteiger partial charge is 0.201 e. The predicted molar refractivity (Wildman–Crippen MR) is 72.3 cm³/mol. The van der Waals surface area contributed by atoms with Gasteiger partial charge in [-0.05, 0) is 36.1 Å². The minimum atomic E-state index is -0.333. The van der Waals surface area contributed by atoms with Crippen LogP contribution in [0.15, 0.2) is 29.6 Å². The van der Waals surface area contributed by atoms with Crippen LogP contribution in [0, 0.1) is 12.7 Å². The van der Waals surface area contributed by atoms with Crippen LogP contribution in [0.1, 0.15) is 10.4 Å². The van der Waals surface area contributed by atoms with Gasteiger partial charge in [0, 0.05) is 4.88 Å². The lowest BCUT2D eigenvalue weighted by molar-refractivity contribution is 0.637. The fourth-order valence-electron chi connectivity index (χ4n) is 2.01. The van der Waals surface area contributed by atoms with Crippen LogP contribution in [0.25, 0.3) is 11.0 Å². The van der Waals surface area contributed by atoms with Crippen molar-refractivity contribution in [3.05, 3.63) is 45.9 Å². The first-order valence-corrected chi connectivity index (χ1v) is 6.48. The number of nitrogens with zero attached hydrogens (tertiary/aromatic N) is 2. The number of hydrogen-bond acceptors (Lipinski definition) is 3. The SMILES string of the molecule is Cc1ccsc1Cn1c(N)nc2c(F)cccc21. The number of fused-ring (bicyclic) bond motifs is 1. The zero-order valence-corrected chi connectivity index (χ0v) is 10.7.